The minimum Gasteiger partial charge on any atom is -0.361 e. The molecule has 0 spiro atoms. The molecule has 0 amide bonds. The zero-order chi connectivity index (χ0) is 16.4. The van der Waals surface area contributed by atoms with Gasteiger partial charge in [-0.25, -0.2) is 13.1 Å². The van der Waals surface area contributed by atoms with E-state index in [1.807, 2.05) is 31.3 Å². The van der Waals surface area contributed by atoms with E-state index < -0.39 is 10.0 Å². The third kappa shape index (κ3) is 3.41. The lowest BCUT2D eigenvalue weighted by Gasteiger charge is -2.04. The molecule has 0 fully saturated rings. The van der Waals surface area contributed by atoms with Gasteiger partial charge in [0.25, 0.3) is 0 Å². The van der Waals surface area contributed by atoms with Gasteiger partial charge in [-0.3, -0.25) is 4.68 Å². The van der Waals surface area contributed by atoms with Crippen molar-refractivity contribution < 1.29 is 8.42 Å². The number of aromatic nitrogens is 3. The molecular formula is C15H17ClN4O2S. The lowest BCUT2D eigenvalue weighted by molar-refractivity contribution is 0.581. The van der Waals surface area contributed by atoms with Gasteiger partial charge in [-0.15, -0.1) is 0 Å². The highest BCUT2D eigenvalue weighted by Gasteiger charge is 2.16. The maximum atomic E-state index is 12.2. The Bertz CT molecular complexity index is 930. The maximum Gasteiger partial charge on any atom is 0.243 e. The fourth-order valence-electron chi connectivity index (χ4n) is 2.42. The fourth-order valence-corrected chi connectivity index (χ4v) is 3.57. The second kappa shape index (κ2) is 6.35. The van der Waals surface area contributed by atoms with Crippen LogP contribution in [0.25, 0.3) is 10.9 Å². The predicted octanol–water partition coefficient (Wildman–Crippen LogP) is 2.56. The molecule has 2 N–H and O–H groups in total. The van der Waals surface area contributed by atoms with Crippen molar-refractivity contribution in [2.75, 3.05) is 6.54 Å². The van der Waals surface area contributed by atoms with Crippen LogP contribution in [0, 0.1) is 0 Å². The molecule has 3 rings (SSSR count). The summed E-state index contributed by atoms with van der Waals surface area (Å²) in [5, 5.41) is 5.66. The number of halogens is 1. The molecule has 0 radical (unpaired) electrons. The largest absolute Gasteiger partial charge is 0.361 e. The molecule has 0 atom stereocenters. The SMILES string of the molecule is CCn1cc(S(=O)(=O)NCCc2c[nH]c3ccc(Cl)cc23)cn1. The first-order valence-corrected chi connectivity index (χ1v) is 9.13. The van der Waals surface area contributed by atoms with Gasteiger partial charge in [-0.2, -0.15) is 5.10 Å². The van der Waals surface area contributed by atoms with Gasteiger partial charge < -0.3 is 4.98 Å². The van der Waals surface area contributed by atoms with E-state index in [1.165, 1.54) is 12.4 Å². The van der Waals surface area contributed by atoms with Crippen LogP contribution in [0.4, 0.5) is 0 Å². The van der Waals surface area contributed by atoms with Crippen molar-refractivity contribution in [1.29, 1.82) is 0 Å². The molecular weight excluding hydrogens is 336 g/mol. The first-order chi connectivity index (χ1) is 11.0. The third-order valence-corrected chi connectivity index (χ3v) is 5.31. The summed E-state index contributed by atoms with van der Waals surface area (Å²) < 4.78 is 28.6. The van der Waals surface area contributed by atoms with Crippen molar-refractivity contribution >= 4 is 32.5 Å². The van der Waals surface area contributed by atoms with Crippen molar-refractivity contribution in [3.8, 4) is 0 Å². The van der Waals surface area contributed by atoms with Crippen LogP contribution in [0.2, 0.25) is 5.02 Å². The molecule has 0 aliphatic heterocycles. The lowest BCUT2D eigenvalue weighted by atomic mass is 10.1. The van der Waals surface area contributed by atoms with Crippen molar-refractivity contribution in [3.63, 3.8) is 0 Å². The van der Waals surface area contributed by atoms with E-state index in [9.17, 15) is 8.42 Å². The summed E-state index contributed by atoms with van der Waals surface area (Å²) in [4.78, 5) is 3.34. The van der Waals surface area contributed by atoms with Crippen LogP contribution in [-0.4, -0.2) is 29.7 Å². The monoisotopic (exact) mass is 352 g/mol. The van der Waals surface area contributed by atoms with Crippen LogP contribution in [-0.2, 0) is 23.0 Å². The first-order valence-electron chi connectivity index (χ1n) is 7.27. The van der Waals surface area contributed by atoms with Crippen molar-refractivity contribution in [2.24, 2.45) is 0 Å². The number of H-pyrrole nitrogens is 1. The number of hydrogen-bond donors (Lipinski definition) is 2. The first kappa shape index (κ1) is 16.0. The van der Waals surface area contributed by atoms with Gasteiger partial charge in [-0.1, -0.05) is 11.6 Å². The van der Waals surface area contributed by atoms with Gasteiger partial charge in [0, 0.05) is 41.4 Å². The smallest absolute Gasteiger partial charge is 0.243 e. The Labute approximate surface area is 139 Å². The summed E-state index contributed by atoms with van der Waals surface area (Å²) in [6.45, 7) is 2.84. The van der Waals surface area contributed by atoms with Crippen LogP contribution < -0.4 is 4.72 Å². The number of hydrogen-bond acceptors (Lipinski definition) is 3. The van der Waals surface area contributed by atoms with E-state index in [2.05, 4.69) is 14.8 Å². The summed E-state index contributed by atoms with van der Waals surface area (Å²) in [6, 6.07) is 5.60. The Kier molecular flexibility index (Phi) is 4.43. The minimum absolute atomic E-state index is 0.182. The Morgan fingerprint density at radius 2 is 2.22 bits per heavy atom. The van der Waals surface area contributed by atoms with E-state index in [0.29, 0.717) is 24.5 Å². The van der Waals surface area contributed by atoms with Crippen LogP contribution in [0.3, 0.4) is 0 Å². The van der Waals surface area contributed by atoms with Crippen molar-refractivity contribution in [2.45, 2.75) is 24.8 Å². The Hall–Kier alpha value is -1.83. The van der Waals surface area contributed by atoms with Crippen molar-refractivity contribution in [3.05, 3.63) is 47.4 Å². The number of fused-ring (bicyclic) bond motifs is 1. The molecule has 8 heteroatoms. The molecule has 1 aromatic carbocycles. The van der Waals surface area contributed by atoms with E-state index in [1.54, 1.807) is 4.68 Å². The molecule has 0 aliphatic carbocycles. The zero-order valence-electron chi connectivity index (χ0n) is 12.6. The number of aryl methyl sites for hydroxylation is 1. The molecule has 0 bridgehead atoms. The summed E-state index contributed by atoms with van der Waals surface area (Å²) in [7, 11) is -3.53. The molecule has 0 unspecified atom stereocenters. The van der Waals surface area contributed by atoms with Gasteiger partial charge >= 0.3 is 0 Å². The Balaban J connectivity index is 1.69. The number of nitrogens with zero attached hydrogens (tertiary/aromatic N) is 2. The van der Waals surface area contributed by atoms with Gasteiger partial charge in [-0.05, 0) is 37.1 Å². The molecule has 6 nitrogen and oxygen atoms in total. The van der Waals surface area contributed by atoms with E-state index in [4.69, 9.17) is 11.6 Å². The highest BCUT2D eigenvalue weighted by molar-refractivity contribution is 7.89. The molecule has 0 saturated carbocycles. The minimum atomic E-state index is -3.53. The molecule has 122 valence electrons. The summed E-state index contributed by atoms with van der Waals surface area (Å²) in [6.07, 6.45) is 5.33. The van der Waals surface area contributed by atoms with Gasteiger partial charge in [0.15, 0.2) is 0 Å². The van der Waals surface area contributed by atoms with Crippen LogP contribution >= 0.6 is 11.6 Å². The molecule has 2 aromatic heterocycles. The Morgan fingerprint density at radius 1 is 1.39 bits per heavy atom. The Morgan fingerprint density at radius 3 is 2.96 bits per heavy atom. The standard InChI is InChI=1S/C15H17ClN4O2S/c1-2-20-10-13(9-18-20)23(21,22)19-6-5-11-8-17-15-4-3-12(16)7-14(11)15/h3-4,7-10,17,19H,2,5-6H2,1H3. The average Bonchev–Trinajstić information content (AvgIpc) is 3.14. The molecule has 0 saturated heterocycles. The lowest BCUT2D eigenvalue weighted by Crippen LogP contribution is -2.25. The van der Waals surface area contributed by atoms with Gasteiger partial charge in [0.1, 0.15) is 4.90 Å². The maximum absolute atomic E-state index is 12.2. The summed E-state index contributed by atoms with van der Waals surface area (Å²) in [5.74, 6) is 0. The van der Waals surface area contributed by atoms with Crippen LogP contribution in [0.5, 0.6) is 0 Å². The highest BCUT2D eigenvalue weighted by Crippen LogP contribution is 2.22. The van der Waals surface area contributed by atoms with E-state index in [0.717, 1.165) is 16.5 Å². The molecule has 23 heavy (non-hydrogen) atoms. The van der Waals surface area contributed by atoms with Crippen molar-refractivity contribution in [1.82, 2.24) is 19.5 Å². The van der Waals surface area contributed by atoms with Crippen LogP contribution in [0.15, 0.2) is 41.7 Å². The summed E-state index contributed by atoms with van der Waals surface area (Å²) >= 11 is 6.02. The topological polar surface area (TPSA) is 79.8 Å². The van der Waals surface area contributed by atoms with Crippen LogP contribution in [0.1, 0.15) is 12.5 Å². The second-order valence-electron chi connectivity index (χ2n) is 5.18. The van der Waals surface area contributed by atoms with E-state index in [-0.39, 0.29) is 4.90 Å². The van der Waals surface area contributed by atoms with E-state index >= 15 is 0 Å². The number of sulfonamides is 1. The van der Waals surface area contributed by atoms with Gasteiger partial charge in [0.2, 0.25) is 10.0 Å². The molecule has 2 heterocycles. The highest BCUT2D eigenvalue weighted by atomic mass is 35.5. The zero-order valence-corrected chi connectivity index (χ0v) is 14.2. The number of aromatic amines is 1. The predicted molar refractivity (Wildman–Crippen MR) is 90.1 cm³/mol. The third-order valence-electron chi connectivity index (χ3n) is 3.66. The number of benzene rings is 1. The summed E-state index contributed by atoms with van der Waals surface area (Å²) in [5.41, 5.74) is 2.01. The average molecular weight is 353 g/mol. The number of rotatable bonds is 6. The second-order valence-corrected chi connectivity index (χ2v) is 7.39. The molecule has 3 aromatic rings. The van der Waals surface area contributed by atoms with Gasteiger partial charge in [0.05, 0.1) is 6.20 Å². The fraction of sp³-hybridized carbons (Fsp3) is 0.267. The quantitative estimate of drug-likeness (QED) is 0.715. The number of nitrogens with one attached hydrogen (secondary N) is 2. The molecule has 0 aliphatic rings. The normalized spacial score (nSPS) is 12.1.